The summed E-state index contributed by atoms with van der Waals surface area (Å²) in [5, 5.41) is 0. The van der Waals surface area contributed by atoms with Crippen molar-refractivity contribution in [3.8, 4) is 0 Å². The van der Waals surface area contributed by atoms with Crippen molar-refractivity contribution in [2.75, 3.05) is 6.54 Å². The summed E-state index contributed by atoms with van der Waals surface area (Å²) in [6.45, 7) is 4.41. The summed E-state index contributed by atoms with van der Waals surface area (Å²) >= 11 is 0. The largest absolute Gasteiger partial charge is 0.330 e. The number of aryl methyl sites for hydroxylation is 1. The molecule has 1 aromatic rings. The van der Waals surface area contributed by atoms with Crippen molar-refractivity contribution in [1.29, 1.82) is 0 Å². The highest BCUT2D eigenvalue weighted by molar-refractivity contribution is 5.83. The second-order valence-corrected chi connectivity index (χ2v) is 4.55. The molecule has 0 aromatic heterocycles. The zero-order valence-corrected chi connectivity index (χ0v) is 10.5. The number of carbonyl (C=O) groups excluding carboxylic acids is 1. The Morgan fingerprint density at radius 3 is 2.82 bits per heavy atom. The molecule has 94 valence electrons. The number of ketones is 1. The van der Waals surface area contributed by atoms with E-state index >= 15 is 0 Å². The van der Waals surface area contributed by atoms with Crippen LogP contribution in [-0.4, -0.2) is 12.3 Å². The lowest BCUT2D eigenvalue weighted by molar-refractivity contribution is -0.121. The van der Waals surface area contributed by atoms with Gasteiger partial charge in [-0.3, -0.25) is 4.79 Å². The first-order valence-electron chi connectivity index (χ1n) is 6.02. The van der Waals surface area contributed by atoms with Gasteiger partial charge in [-0.1, -0.05) is 13.0 Å². The molecule has 0 aliphatic heterocycles. The van der Waals surface area contributed by atoms with E-state index in [1.165, 1.54) is 12.1 Å². The predicted octanol–water partition coefficient (Wildman–Crippen LogP) is 2.62. The fraction of sp³-hybridized carbons (Fsp3) is 0.500. The molecular weight excluding hydrogens is 217 g/mol. The van der Waals surface area contributed by atoms with Gasteiger partial charge < -0.3 is 5.73 Å². The van der Waals surface area contributed by atoms with Gasteiger partial charge in [0, 0.05) is 12.3 Å². The number of Topliss-reactive ketones (excluding diaryl/α,β-unsaturated/α-hetero) is 1. The van der Waals surface area contributed by atoms with Crippen LogP contribution in [-0.2, 0) is 11.2 Å². The summed E-state index contributed by atoms with van der Waals surface area (Å²) in [7, 11) is 0. The Morgan fingerprint density at radius 1 is 1.47 bits per heavy atom. The van der Waals surface area contributed by atoms with E-state index in [4.69, 9.17) is 5.73 Å². The second kappa shape index (κ2) is 6.50. The van der Waals surface area contributed by atoms with Gasteiger partial charge in [0.2, 0.25) is 0 Å². The molecule has 1 rings (SSSR count). The molecule has 2 nitrogen and oxygen atoms in total. The van der Waals surface area contributed by atoms with Crippen molar-refractivity contribution in [3.63, 3.8) is 0 Å². The van der Waals surface area contributed by atoms with Crippen LogP contribution < -0.4 is 5.73 Å². The van der Waals surface area contributed by atoms with E-state index in [-0.39, 0.29) is 17.5 Å². The Balaban J connectivity index is 2.64. The van der Waals surface area contributed by atoms with Gasteiger partial charge in [0.25, 0.3) is 0 Å². The van der Waals surface area contributed by atoms with Crippen molar-refractivity contribution < 1.29 is 9.18 Å². The molecule has 3 heteroatoms. The van der Waals surface area contributed by atoms with Crippen molar-refractivity contribution >= 4 is 5.78 Å². The molecule has 17 heavy (non-hydrogen) atoms. The summed E-state index contributed by atoms with van der Waals surface area (Å²) in [5.41, 5.74) is 7.16. The predicted molar refractivity (Wildman–Crippen MR) is 67.3 cm³/mol. The minimum Gasteiger partial charge on any atom is -0.330 e. The SMILES string of the molecule is Cc1ccc(F)cc1CC(=O)C(C)CCCN. The molecule has 0 saturated carbocycles. The summed E-state index contributed by atoms with van der Waals surface area (Å²) in [6, 6.07) is 4.58. The highest BCUT2D eigenvalue weighted by atomic mass is 19.1. The number of carbonyl (C=O) groups is 1. The van der Waals surface area contributed by atoms with Crippen LogP contribution in [0.5, 0.6) is 0 Å². The topological polar surface area (TPSA) is 43.1 Å². The molecule has 0 spiro atoms. The standard InChI is InChI=1S/C14H20FNO/c1-10-5-6-13(15)8-12(10)9-14(17)11(2)4-3-7-16/h5-6,8,11H,3-4,7,9,16H2,1-2H3. The average molecular weight is 237 g/mol. The van der Waals surface area contributed by atoms with Crippen LogP contribution in [0.15, 0.2) is 18.2 Å². The molecule has 0 heterocycles. The molecule has 0 amide bonds. The molecule has 0 bridgehead atoms. The number of nitrogens with two attached hydrogens (primary N) is 1. The number of hydrogen-bond donors (Lipinski definition) is 1. The Labute approximate surface area is 102 Å². The summed E-state index contributed by atoms with van der Waals surface area (Å²) in [6.07, 6.45) is 1.98. The van der Waals surface area contributed by atoms with Crippen LogP contribution in [0.3, 0.4) is 0 Å². The summed E-state index contributed by atoms with van der Waals surface area (Å²) in [4.78, 5) is 11.9. The Morgan fingerprint density at radius 2 is 2.18 bits per heavy atom. The van der Waals surface area contributed by atoms with E-state index in [0.717, 1.165) is 24.0 Å². The van der Waals surface area contributed by atoms with Gasteiger partial charge in [0.1, 0.15) is 11.6 Å². The van der Waals surface area contributed by atoms with E-state index in [9.17, 15) is 9.18 Å². The zero-order valence-electron chi connectivity index (χ0n) is 10.5. The van der Waals surface area contributed by atoms with Crippen LogP contribution in [0.4, 0.5) is 4.39 Å². The van der Waals surface area contributed by atoms with Crippen LogP contribution in [0.1, 0.15) is 30.9 Å². The third kappa shape index (κ3) is 4.27. The Kier molecular flexibility index (Phi) is 5.29. The number of hydrogen-bond acceptors (Lipinski definition) is 2. The van der Waals surface area contributed by atoms with E-state index in [0.29, 0.717) is 13.0 Å². The van der Waals surface area contributed by atoms with Crippen molar-refractivity contribution in [2.45, 2.75) is 33.1 Å². The molecule has 2 N–H and O–H groups in total. The second-order valence-electron chi connectivity index (χ2n) is 4.55. The van der Waals surface area contributed by atoms with Crippen LogP contribution in [0, 0.1) is 18.7 Å². The molecule has 1 aromatic carbocycles. The van der Waals surface area contributed by atoms with Crippen molar-refractivity contribution in [2.24, 2.45) is 11.7 Å². The monoisotopic (exact) mass is 237 g/mol. The lowest BCUT2D eigenvalue weighted by Crippen LogP contribution is -2.15. The smallest absolute Gasteiger partial charge is 0.140 e. The minimum absolute atomic E-state index is 0.00113. The van der Waals surface area contributed by atoms with Crippen molar-refractivity contribution in [1.82, 2.24) is 0 Å². The maximum absolute atomic E-state index is 13.1. The van der Waals surface area contributed by atoms with E-state index in [2.05, 4.69) is 0 Å². The van der Waals surface area contributed by atoms with Gasteiger partial charge in [0.15, 0.2) is 0 Å². The van der Waals surface area contributed by atoms with Gasteiger partial charge in [-0.2, -0.15) is 0 Å². The van der Waals surface area contributed by atoms with E-state index in [1.54, 1.807) is 6.07 Å². The molecule has 0 saturated heterocycles. The molecule has 0 aliphatic rings. The maximum Gasteiger partial charge on any atom is 0.140 e. The highest BCUT2D eigenvalue weighted by Crippen LogP contribution is 2.15. The Hall–Kier alpha value is -1.22. The average Bonchev–Trinajstić information content (AvgIpc) is 2.30. The van der Waals surface area contributed by atoms with Gasteiger partial charge in [0.05, 0.1) is 0 Å². The number of rotatable bonds is 6. The molecule has 0 fully saturated rings. The van der Waals surface area contributed by atoms with Gasteiger partial charge in [-0.15, -0.1) is 0 Å². The van der Waals surface area contributed by atoms with Crippen LogP contribution >= 0.6 is 0 Å². The fourth-order valence-corrected chi connectivity index (χ4v) is 1.78. The fourth-order valence-electron chi connectivity index (χ4n) is 1.78. The van der Waals surface area contributed by atoms with E-state index in [1.807, 2.05) is 13.8 Å². The Bertz CT molecular complexity index is 390. The van der Waals surface area contributed by atoms with Crippen molar-refractivity contribution in [3.05, 3.63) is 35.1 Å². The zero-order chi connectivity index (χ0) is 12.8. The molecular formula is C14H20FNO. The van der Waals surface area contributed by atoms with Crippen LogP contribution in [0.2, 0.25) is 0 Å². The van der Waals surface area contributed by atoms with Gasteiger partial charge >= 0.3 is 0 Å². The maximum atomic E-state index is 13.1. The lowest BCUT2D eigenvalue weighted by atomic mass is 9.93. The summed E-state index contributed by atoms with van der Waals surface area (Å²) in [5.74, 6) is -0.124. The lowest BCUT2D eigenvalue weighted by Gasteiger charge is -2.11. The number of benzene rings is 1. The van der Waals surface area contributed by atoms with Crippen LogP contribution in [0.25, 0.3) is 0 Å². The molecule has 0 aliphatic carbocycles. The highest BCUT2D eigenvalue weighted by Gasteiger charge is 2.14. The van der Waals surface area contributed by atoms with E-state index < -0.39 is 0 Å². The first-order valence-corrected chi connectivity index (χ1v) is 6.02. The first-order chi connectivity index (χ1) is 8.04. The molecule has 1 atom stereocenters. The number of halogens is 1. The molecule has 0 radical (unpaired) electrons. The third-order valence-corrected chi connectivity index (χ3v) is 3.07. The third-order valence-electron chi connectivity index (χ3n) is 3.07. The van der Waals surface area contributed by atoms with Gasteiger partial charge in [-0.25, -0.2) is 4.39 Å². The first kappa shape index (κ1) is 13.8. The quantitative estimate of drug-likeness (QED) is 0.826. The molecule has 1 unspecified atom stereocenters. The normalized spacial score (nSPS) is 12.5. The van der Waals surface area contributed by atoms with Gasteiger partial charge in [-0.05, 0) is 49.6 Å². The minimum atomic E-state index is -0.284. The summed E-state index contributed by atoms with van der Waals surface area (Å²) < 4.78 is 13.1.